The quantitative estimate of drug-likeness (QED) is 0.761. The summed E-state index contributed by atoms with van der Waals surface area (Å²) < 4.78 is 0.780. The lowest BCUT2D eigenvalue weighted by Crippen LogP contribution is -2.14. The van der Waals surface area contributed by atoms with Crippen LogP contribution in [0, 0.1) is 6.92 Å². The summed E-state index contributed by atoms with van der Waals surface area (Å²) in [6, 6.07) is 2.07. The Morgan fingerprint density at radius 1 is 1.33 bits per heavy atom. The molecule has 2 rings (SSSR count). The minimum atomic E-state index is -0.852. The fourth-order valence-electron chi connectivity index (χ4n) is 1.76. The highest BCUT2D eigenvalue weighted by Gasteiger charge is 2.17. The molecule has 0 aromatic carbocycles. The van der Waals surface area contributed by atoms with E-state index in [-0.39, 0.29) is 17.8 Å². The van der Waals surface area contributed by atoms with Crippen LogP contribution in [0.4, 0.5) is 11.9 Å². The molecule has 0 bridgehead atoms. The van der Waals surface area contributed by atoms with Crippen LogP contribution < -0.4 is 11.1 Å². The second-order valence-electron chi connectivity index (χ2n) is 4.39. The Kier molecular flexibility index (Phi) is 5.48. The molecule has 2 heterocycles. The first-order chi connectivity index (χ1) is 9.90. The van der Waals surface area contributed by atoms with Crippen molar-refractivity contribution in [2.45, 2.75) is 31.1 Å². The SMILES string of the molecule is CCC(Nc1nc(N)nc(C(Cl)Cl)n1)c1cc(C)c(Cl)s1. The number of halogens is 3. The zero-order valence-corrected chi connectivity index (χ0v) is 14.5. The molecule has 114 valence electrons. The van der Waals surface area contributed by atoms with Crippen molar-refractivity contribution in [2.75, 3.05) is 11.1 Å². The van der Waals surface area contributed by atoms with Crippen LogP contribution >= 0.6 is 46.1 Å². The molecule has 0 aliphatic rings. The van der Waals surface area contributed by atoms with Gasteiger partial charge in [-0.25, -0.2) is 0 Å². The fraction of sp³-hybridized carbons (Fsp3) is 0.417. The number of nitrogens with two attached hydrogens (primary N) is 1. The van der Waals surface area contributed by atoms with Gasteiger partial charge in [-0.2, -0.15) is 15.0 Å². The number of nitrogens with zero attached hydrogens (tertiary/aromatic N) is 3. The maximum atomic E-state index is 6.12. The molecule has 0 fully saturated rings. The molecule has 3 N–H and O–H groups in total. The summed E-state index contributed by atoms with van der Waals surface area (Å²) >= 11 is 19.2. The van der Waals surface area contributed by atoms with Crippen LogP contribution in [-0.2, 0) is 0 Å². The van der Waals surface area contributed by atoms with Crippen LogP contribution in [0.5, 0.6) is 0 Å². The minimum absolute atomic E-state index is 0.0277. The van der Waals surface area contributed by atoms with Gasteiger partial charge >= 0.3 is 0 Å². The summed E-state index contributed by atoms with van der Waals surface area (Å²) in [6.45, 7) is 4.03. The number of nitrogen functional groups attached to an aromatic ring is 1. The van der Waals surface area contributed by atoms with E-state index < -0.39 is 4.84 Å². The first-order valence-corrected chi connectivity index (χ1v) is 8.29. The molecule has 2 aromatic heterocycles. The molecule has 5 nitrogen and oxygen atoms in total. The first-order valence-electron chi connectivity index (χ1n) is 6.22. The van der Waals surface area contributed by atoms with Gasteiger partial charge in [-0.15, -0.1) is 11.3 Å². The van der Waals surface area contributed by atoms with Gasteiger partial charge in [0, 0.05) is 4.88 Å². The monoisotopic (exact) mass is 365 g/mol. The maximum Gasteiger partial charge on any atom is 0.228 e. The second-order valence-corrected chi connectivity index (χ2v) is 7.17. The molecular formula is C12H14Cl3N5S. The number of hydrogen-bond donors (Lipinski definition) is 2. The van der Waals surface area contributed by atoms with Crippen molar-refractivity contribution in [3.63, 3.8) is 0 Å². The molecule has 0 saturated heterocycles. The normalized spacial score (nSPS) is 12.7. The van der Waals surface area contributed by atoms with Crippen molar-refractivity contribution in [2.24, 2.45) is 0 Å². The van der Waals surface area contributed by atoms with Gasteiger partial charge < -0.3 is 11.1 Å². The van der Waals surface area contributed by atoms with E-state index in [0.29, 0.717) is 5.95 Å². The summed E-state index contributed by atoms with van der Waals surface area (Å²) in [7, 11) is 0. The lowest BCUT2D eigenvalue weighted by molar-refractivity contribution is 0.747. The second kappa shape index (κ2) is 6.96. The summed E-state index contributed by atoms with van der Waals surface area (Å²) in [5, 5.41) is 3.21. The highest BCUT2D eigenvalue weighted by atomic mass is 35.5. The Labute approximate surface area is 141 Å². The third kappa shape index (κ3) is 4.10. The van der Waals surface area contributed by atoms with Crippen LogP contribution in [0.25, 0.3) is 0 Å². The smallest absolute Gasteiger partial charge is 0.228 e. The van der Waals surface area contributed by atoms with E-state index in [4.69, 9.17) is 40.5 Å². The molecule has 0 spiro atoms. The Morgan fingerprint density at radius 3 is 2.57 bits per heavy atom. The number of aryl methyl sites for hydroxylation is 1. The largest absolute Gasteiger partial charge is 0.368 e. The van der Waals surface area contributed by atoms with Crippen molar-refractivity contribution in [1.82, 2.24) is 15.0 Å². The molecule has 0 aliphatic carbocycles. The average Bonchev–Trinajstić information content (AvgIpc) is 2.75. The van der Waals surface area contributed by atoms with Gasteiger partial charge in [0.2, 0.25) is 11.9 Å². The van der Waals surface area contributed by atoms with Gasteiger partial charge in [0.05, 0.1) is 10.4 Å². The molecule has 2 aromatic rings. The van der Waals surface area contributed by atoms with E-state index in [0.717, 1.165) is 21.2 Å². The number of thiophene rings is 1. The van der Waals surface area contributed by atoms with E-state index >= 15 is 0 Å². The third-order valence-electron chi connectivity index (χ3n) is 2.80. The van der Waals surface area contributed by atoms with Gasteiger partial charge in [-0.05, 0) is 25.0 Å². The summed E-state index contributed by atoms with van der Waals surface area (Å²) in [5.41, 5.74) is 6.69. The van der Waals surface area contributed by atoms with Crippen molar-refractivity contribution in [3.8, 4) is 0 Å². The fourth-order valence-corrected chi connectivity index (χ4v) is 3.30. The van der Waals surface area contributed by atoms with Crippen LogP contribution in [-0.4, -0.2) is 15.0 Å². The topological polar surface area (TPSA) is 76.7 Å². The maximum absolute atomic E-state index is 6.12. The van der Waals surface area contributed by atoms with Gasteiger partial charge in [-0.1, -0.05) is 41.7 Å². The highest BCUT2D eigenvalue weighted by molar-refractivity contribution is 7.16. The Bertz CT molecular complexity index is 612. The molecule has 0 amide bonds. The lowest BCUT2D eigenvalue weighted by atomic mass is 10.2. The molecule has 1 atom stereocenters. The number of aromatic nitrogens is 3. The van der Waals surface area contributed by atoms with Crippen molar-refractivity contribution < 1.29 is 0 Å². The van der Waals surface area contributed by atoms with Gasteiger partial charge in [0.1, 0.15) is 0 Å². The Balaban J connectivity index is 2.26. The predicted molar refractivity (Wildman–Crippen MR) is 89.4 cm³/mol. The van der Waals surface area contributed by atoms with E-state index in [2.05, 4.69) is 27.2 Å². The average molecular weight is 367 g/mol. The molecule has 0 aliphatic heterocycles. The molecule has 9 heteroatoms. The summed E-state index contributed by atoms with van der Waals surface area (Å²) in [5.74, 6) is 0.644. The van der Waals surface area contributed by atoms with Crippen molar-refractivity contribution in [3.05, 3.63) is 26.7 Å². The number of hydrogen-bond acceptors (Lipinski definition) is 6. The van der Waals surface area contributed by atoms with E-state index in [1.165, 1.54) is 11.3 Å². The minimum Gasteiger partial charge on any atom is -0.368 e. The first kappa shape index (κ1) is 16.5. The zero-order valence-electron chi connectivity index (χ0n) is 11.4. The molecule has 21 heavy (non-hydrogen) atoms. The zero-order chi connectivity index (χ0) is 15.6. The molecule has 0 radical (unpaired) electrons. The van der Waals surface area contributed by atoms with Gasteiger partial charge in [-0.3, -0.25) is 0 Å². The Morgan fingerprint density at radius 2 is 2.05 bits per heavy atom. The molecule has 0 saturated carbocycles. The van der Waals surface area contributed by atoms with Crippen molar-refractivity contribution >= 4 is 58.0 Å². The number of rotatable bonds is 5. The van der Waals surface area contributed by atoms with E-state index in [1.807, 2.05) is 13.0 Å². The predicted octanol–water partition coefficient (Wildman–Crippen LogP) is 4.52. The van der Waals surface area contributed by atoms with E-state index in [9.17, 15) is 0 Å². The Hall–Kier alpha value is -0.820. The standard InChI is InChI=1S/C12H14Cl3N5S/c1-3-6(7-4-5(2)9(15)21-7)17-12-19-10(8(13)14)18-11(16)20-12/h4,6,8H,3H2,1-2H3,(H3,16,17,18,19,20). The summed E-state index contributed by atoms with van der Waals surface area (Å²) in [6.07, 6.45) is 0.836. The van der Waals surface area contributed by atoms with Gasteiger partial charge in [0.25, 0.3) is 0 Å². The lowest BCUT2D eigenvalue weighted by Gasteiger charge is -2.16. The number of nitrogens with one attached hydrogen (secondary N) is 1. The van der Waals surface area contributed by atoms with Crippen LogP contribution in [0.2, 0.25) is 4.34 Å². The number of alkyl halides is 2. The van der Waals surface area contributed by atoms with Gasteiger partial charge in [0.15, 0.2) is 10.7 Å². The number of anilines is 2. The van der Waals surface area contributed by atoms with Crippen LogP contribution in [0.1, 0.15) is 40.5 Å². The van der Waals surface area contributed by atoms with Crippen LogP contribution in [0.3, 0.4) is 0 Å². The third-order valence-corrected chi connectivity index (χ3v) is 4.86. The molecular weight excluding hydrogens is 353 g/mol. The van der Waals surface area contributed by atoms with Crippen LogP contribution in [0.15, 0.2) is 6.07 Å². The summed E-state index contributed by atoms with van der Waals surface area (Å²) in [4.78, 5) is 12.4. The highest BCUT2D eigenvalue weighted by Crippen LogP contribution is 2.34. The van der Waals surface area contributed by atoms with E-state index in [1.54, 1.807) is 0 Å². The molecule has 1 unspecified atom stereocenters. The van der Waals surface area contributed by atoms with Crippen molar-refractivity contribution in [1.29, 1.82) is 0 Å².